The summed E-state index contributed by atoms with van der Waals surface area (Å²) < 4.78 is 0. The summed E-state index contributed by atoms with van der Waals surface area (Å²) in [5.41, 5.74) is 2.29. The number of aromatic hydroxyl groups is 1. The minimum atomic E-state index is 0.0741. The van der Waals surface area contributed by atoms with E-state index in [9.17, 15) is 9.90 Å². The van der Waals surface area contributed by atoms with Gasteiger partial charge in [-0.15, -0.1) is 0 Å². The molecule has 1 atom stereocenters. The highest BCUT2D eigenvalue weighted by Crippen LogP contribution is 2.22. The summed E-state index contributed by atoms with van der Waals surface area (Å²) in [5.74, 6) is 0.928. The van der Waals surface area contributed by atoms with Crippen LogP contribution in [0.4, 0.5) is 0 Å². The predicted molar refractivity (Wildman–Crippen MR) is 105 cm³/mol. The second-order valence-corrected chi connectivity index (χ2v) is 7.43. The van der Waals surface area contributed by atoms with Gasteiger partial charge in [-0.1, -0.05) is 35.9 Å². The molecule has 1 heterocycles. The van der Waals surface area contributed by atoms with Crippen LogP contribution in [0.15, 0.2) is 48.5 Å². The summed E-state index contributed by atoms with van der Waals surface area (Å²) in [6.07, 6.45) is 2.82. The van der Waals surface area contributed by atoms with Crippen LogP contribution in [0.2, 0.25) is 5.02 Å². The van der Waals surface area contributed by atoms with E-state index >= 15 is 0 Å². The second kappa shape index (κ2) is 9.06. The minimum absolute atomic E-state index is 0.0741. The van der Waals surface area contributed by atoms with Gasteiger partial charge in [0.05, 0.1) is 6.54 Å². The highest BCUT2D eigenvalue weighted by Gasteiger charge is 2.24. The number of hydrogen-bond donors (Lipinski definition) is 2. The van der Waals surface area contributed by atoms with Crippen LogP contribution in [-0.2, 0) is 17.6 Å². The van der Waals surface area contributed by atoms with E-state index in [0.717, 1.165) is 48.5 Å². The number of carbonyl (C=O) groups is 1. The van der Waals surface area contributed by atoms with E-state index in [0.29, 0.717) is 24.8 Å². The number of hydrogen-bond acceptors (Lipinski definition) is 3. The topological polar surface area (TPSA) is 52.6 Å². The first-order valence-electron chi connectivity index (χ1n) is 9.10. The Morgan fingerprint density at radius 1 is 1.19 bits per heavy atom. The van der Waals surface area contributed by atoms with Gasteiger partial charge in [0.1, 0.15) is 5.75 Å². The third-order valence-corrected chi connectivity index (χ3v) is 5.03. The highest BCUT2D eigenvalue weighted by atomic mass is 35.5. The first kappa shape index (κ1) is 18.7. The lowest BCUT2D eigenvalue weighted by molar-refractivity contribution is -0.122. The number of nitrogens with zero attached hydrogens (tertiary/aromatic N) is 1. The van der Waals surface area contributed by atoms with E-state index in [2.05, 4.69) is 10.2 Å². The molecule has 5 heteroatoms. The maximum absolute atomic E-state index is 12.2. The first-order chi connectivity index (χ1) is 12.6. The van der Waals surface area contributed by atoms with Crippen molar-refractivity contribution in [3.63, 3.8) is 0 Å². The Morgan fingerprint density at radius 3 is 2.81 bits per heavy atom. The number of nitrogens with one attached hydrogen (secondary N) is 1. The van der Waals surface area contributed by atoms with Gasteiger partial charge >= 0.3 is 0 Å². The van der Waals surface area contributed by atoms with Crippen LogP contribution in [0.1, 0.15) is 17.5 Å². The molecule has 1 unspecified atom stereocenters. The Balaban J connectivity index is 1.37. The summed E-state index contributed by atoms with van der Waals surface area (Å²) in [6.45, 7) is 2.95. The molecule has 0 spiro atoms. The standard InChI is InChI=1S/C21H25ClN2O2/c22-19-5-1-3-16(12-19)7-9-23-21(26)15-24-10-8-18(14-24)11-17-4-2-6-20(25)13-17/h1-6,12-13,18,25H,7-11,14-15H2,(H,23,26). The van der Waals surface area contributed by atoms with Gasteiger partial charge in [-0.05, 0) is 67.1 Å². The van der Waals surface area contributed by atoms with Gasteiger partial charge < -0.3 is 10.4 Å². The van der Waals surface area contributed by atoms with Crippen LogP contribution < -0.4 is 5.32 Å². The first-order valence-corrected chi connectivity index (χ1v) is 9.48. The van der Waals surface area contributed by atoms with Gasteiger partial charge in [0.15, 0.2) is 0 Å². The van der Waals surface area contributed by atoms with Crippen molar-refractivity contribution in [2.24, 2.45) is 5.92 Å². The molecule has 1 aliphatic heterocycles. The third kappa shape index (κ3) is 5.75. The summed E-state index contributed by atoms with van der Waals surface area (Å²) in [4.78, 5) is 14.4. The molecule has 0 saturated carbocycles. The Morgan fingerprint density at radius 2 is 2.00 bits per heavy atom. The number of rotatable bonds is 7. The fraction of sp³-hybridized carbons (Fsp3) is 0.381. The number of likely N-dealkylation sites (tertiary alicyclic amines) is 1. The molecule has 2 aromatic rings. The Labute approximate surface area is 159 Å². The van der Waals surface area contributed by atoms with Crippen LogP contribution in [0.3, 0.4) is 0 Å². The molecule has 1 fully saturated rings. The Hall–Kier alpha value is -2.04. The number of phenols is 1. The van der Waals surface area contributed by atoms with Crippen molar-refractivity contribution in [2.75, 3.05) is 26.2 Å². The van der Waals surface area contributed by atoms with E-state index < -0.39 is 0 Å². The molecule has 1 aliphatic rings. The molecular weight excluding hydrogens is 348 g/mol. The van der Waals surface area contributed by atoms with Crippen LogP contribution in [0.5, 0.6) is 5.75 Å². The largest absolute Gasteiger partial charge is 0.508 e. The van der Waals surface area contributed by atoms with E-state index in [1.165, 1.54) is 0 Å². The third-order valence-electron chi connectivity index (χ3n) is 4.80. The van der Waals surface area contributed by atoms with E-state index in [1.54, 1.807) is 6.07 Å². The van der Waals surface area contributed by atoms with E-state index in [1.807, 2.05) is 42.5 Å². The molecule has 3 rings (SSSR count). The molecule has 0 bridgehead atoms. The quantitative estimate of drug-likeness (QED) is 0.784. The lowest BCUT2D eigenvalue weighted by atomic mass is 9.99. The highest BCUT2D eigenvalue weighted by molar-refractivity contribution is 6.30. The van der Waals surface area contributed by atoms with Gasteiger partial charge in [0.2, 0.25) is 5.91 Å². The van der Waals surface area contributed by atoms with Crippen molar-refractivity contribution in [1.29, 1.82) is 0 Å². The van der Waals surface area contributed by atoms with E-state index in [-0.39, 0.29) is 5.91 Å². The lowest BCUT2D eigenvalue weighted by Crippen LogP contribution is -2.37. The van der Waals surface area contributed by atoms with Crippen LogP contribution >= 0.6 is 11.6 Å². The van der Waals surface area contributed by atoms with Gasteiger partial charge in [0.25, 0.3) is 0 Å². The molecule has 4 nitrogen and oxygen atoms in total. The maximum Gasteiger partial charge on any atom is 0.234 e. The van der Waals surface area contributed by atoms with Gasteiger partial charge in [-0.2, -0.15) is 0 Å². The van der Waals surface area contributed by atoms with Crippen LogP contribution in [0.25, 0.3) is 0 Å². The fourth-order valence-electron chi connectivity index (χ4n) is 3.54. The Bertz CT molecular complexity index is 750. The van der Waals surface area contributed by atoms with Crippen LogP contribution in [-0.4, -0.2) is 42.1 Å². The lowest BCUT2D eigenvalue weighted by Gasteiger charge is -2.16. The van der Waals surface area contributed by atoms with Gasteiger partial charge in [-0.3, -0.25) is 9.69 Å². The molecule has 26 heavy (non-hydrogen) atoms. The SMILES string of the molecule is O=C(CN1CCC(Cc2cccc(O)c2)C1)NCCc1cccc(Cl)c1. The average molecular weight is 373 g/mol. The Kier molecular flexibility index (Phi) is 6.53. The monoisotopic (exact) mass is 372 g/mol. The molecule has 0 radical (unpaired) electrons. The normalized spacial score (nSPS) is 17.3. The van der Waals surface area contributed by atoms with Crippen molar-refractivity contribution in [2.45, 2.75) is 19.3 Å². The molecule has 138 valence electrons. The summed E-state index contributed by atoms with van der Waals surface area (Å²) in [6, 6.07) is 15.2. The zero-order valence-electron chi connectivity index (χ0n) is 14.8. The molecule has 1 amide bonds. The summed E-state index contributed by atoms with van der Waals surface area (Å²) in [5, 5.41) is 13.3. The predicted octanol–water partition coefficient (Wildman–Crippen LogP) is 3.27. The van der Waals surface area contributed by atoms with Crippen molar-refractivity contribution in [1.82, 2.24) is 10.2 Å². The molecule has 0 aromatic heterocycles. The zero-order chi connectivity index (χ0) is 18.4. The number of amides is 1. The number of benzene rings is 2. The second-order valence-electron chi connectivity index (χ2n) is 6.99. The maximum atomic E-state index is 12.2. The number of carbonyl (C=O) groups excluding carboxylic acids is 1. The average Bonchev–Trinajstić information content (AvgIpc) is 3.02. The van der Waals surface area contributed by atoms with Crippen molar-refractivity contribution < 1.29 is 9.90 Å². The summed E-state index contributed by atoms with van der Waals surface area (Å²) >= 11 is 5.97. The number of phenolic OH excluding ortho intramolecular Hbond substituents is 1. The molecular formula is C21H25ClN2O2. The zero-order valence-corrected chi connectivity index (χ0v) is 15.6. The molecule has 1 saturated heterocycles. The van der Waals surface area contributed by atoms with Gasteiger partial charge in [0, 0.05) is 18.1 Å². The van der Waals surface area contributed by atoms with E-state index in [4.69, 9.17) is 11.6 Å². The van der Waals surface area contributed by atoms with Crippen molar-refractivity contribution in [3.05, 3.63) is 64.7 Å². The van der Waals surface area contributed by atoms with Gasteiger partial charge in [-0.25, -0.2) is 0 Å². The number of halogens is 1. The van der Waals surface area contributed by atoms with Crippen molar-refractivity contribution >= 4 is 17.5 Å². The molecule has 0 aliphatic carbocycles. The molecule has 2 N–H and O–H groups in total. The van der Waals surface area contributed by atoms with Crippen molar-refractivity contribution in [3.8, 4) is 5.75 Å². The smallest absolute Gasteiger partial charge is 0.234 e. The fourth-order valence-corrected chi connectivity index (χ4v) is 3.75. The minimum Gasteiger partial charge on any atom is -0.508 e. The summed E-state index contributed by atoms with van der Waals surface area (Å²) in [7, 11) is 0. The van der Waals surface area contributed by atoms with Crippen LogP contribution in [0, 0.1) is 5.92 Å². The molecule has 2 aromatic carbocycles.